The minimum atomic E-state index is -0.0608. The van der Waals surface area contributed by atoms with Crippen molar-refractivity contribution in [2.75, 3.05) is 19.7 Å². The van der Waals surface area contributed by atoms with Gasteiger partial charge in [0.25, 0.3) is 0 Å². The minimum Gasteiger partial charge on any atom is -0.394 e. The number of fused-ring (bicyclic) bond motifs is 1. The Hall–Kier alpha value is -1.65. The smallest absolute Gasteiger partial charge is 0.237 e. The molecule has 0 radical (unpaired) electrons. The van der Waals surface area contributed by atoms with Crippen LogP contribution in [0, 0.1) is 0 Å². The minimum absolute atomic E-state index is 0.0415. The lowest BCUT2D eigenvalue weighted by Crippen LogP contribution is -2.72. The number of carbonyl (C=O) groups excluding carboxylic acids is 1. The monoisotopic (exact) mass is 312 g/mol. The Kier molecular flexibility index (Phi) is 3.95. The summed E-state index contributed by atoms with van der Waals surface area (Å²) in [6.07, 6.45) is 7.33. The van der Waals surface area contributed by atoms with Crippen LogP contribution in [0.15, 0.2) is 30.3 Å². The molecular formula is C19H24N2O2. The predicted octanol–water partition coefficient (Wildman–Crippen LogP) is 1.90. The van der Waals surface area contributed by atoms with Gasteiger partial charge in [-0.15, -0.1) is 0 Å². The molecule has 1 aromatic rings. The highest BCUT2D eigenvalue weighted by atomic mass is 16.3. The van der Waals surface area contributed by atoms with Gasteiger partial charge in [0.05, 0.1) is 25.2 Å². The van der Waals surface area contributed by atoms with Crippen LogP contribution in [0.5, 0.6) is 0 Å². The fourth-order valence-corrected chi connectivity index (χ4v) is 4.43. The maximum Gasteiger partial charge on any atom is 0.237 e. The van der Waals surface area contributed by atoms with Crippen LogP contribution >= 0.6 is 0 Å². The summed E-state index contributed by atoms with van der Waals surface area (Å²) < 4.78 is 0. The van der Waals surface area contributed by atoms with Crippen LogP contribution in [0.3, 0.4) is 0 Å². The molecule has 4 heteroatoms. The lowest BCUT2D eigenvalue weighted by Gasteiger charge is -2.57. The summed E-state index contributed by atoms with van der Waals surface area (Å²) >= 11 is 0. The summed E-state index contributed by atoms with van der Waals surface area (Å²) in [5.41, 5.74) is 4.02. The fraction of sp³-hybridized carbons (Fsp3) is 0.526. The topological polar surface area (TPSA) is 52.6 Å². The van der Waals surface area contributed by atoms with Crippen molar-refractivity contribution in [2.45, 2.75) is 43.7 Å². The molecule has 3 aliphatic rings. The zero-order valence-electron chi connectivity index (χ0n) is 13.4. The number of benzene rings is 1. The maximum absolute atomic E-state index is 12.0. The van der Waals surface area contributed by atoms with Crippen molar-refractivity contribution in [1.82, 2.24) is 10.2 Å². The molecule has 23 heavy (non-hydrogen) atoms. The predicted molar refractivity (Wildman–Crippen MR) is 90.0 cm³/mol. The molecule has 122 valence electrons. The van der Waals surface area contributed by atoms with Crippen molar-refractivity contribution in [3.8, 4) is 0 Å². The third-order valence-electron chi connectivity index (χ3n) is 5.61. The largest absolute Gasteiger partial charge is 0.394 e. The van der Waals surface area contributed by atoms with Crippen molar-refractivity contribution in [2.24, 2.45) is 0 Å². The summed E-state index contributed by atoms with van der Waals surface area (Å²) in [5.74, 6) is 0.353. The highest BCUT2D eigenvalue weighted by Crippen LogP contribution is 2.41. The van der Waals surface area contributed by atoms with E-state index >= 15 is 0 Å². The number of hydrogen-bond acceptors (Lipinski definition) is 3. The lowest BCUT2D eigenvalue weighted by molar-refractivity contribution is -0.153. The van der Waals surface area contributed by atoms with Crippen LogP contribution in [-0.2, 0) is 4.79 Å². The molecule has 4 nitrogen and oxygen atoms in total. The Morgan fingerprint density at radius 1 is 1.22 bits per heavy atom. The van der Waals surface area contributed by atoms with Gasteiger partial charge in [-0.3, -0.25) is 4.79 Å². The summed E-state index contributed by atoms with van der Waals surface area (Å²) in [5, 5.41) is 12.9. The van der Waals surface area contributed by atoms with Gasteiger partial charge in [-0.05, 0) is 42.4 Å². The summed E-state index contributed by atoms with van der Waals surface area (Å²) in [7, 11) is 0. The van der Waals surface area contributed by atoms with E-state index < -0.39 is 0 Å². The van der Waals surface area contributed by atoms with E-state index in [0.717, 1.165) is 6.54 Å². The van der Waals surface area contributed by atoms with E-state index in [1.54, 1.807) is 0 Å². The first-order chi connectivity index (χ1) is 11.3. The Labute approximate surface area is 137 Å². The number of amides is 1. The quantitative estimate of drug-likeness (QED) is 0.896. The number of rotatable bonds is 3. The number of aliphatic hydroxyl groups excluding tert-OH is 1. The Morgan fingerprint density at radius 3 is 2.74 bits per heavy atom. The molecule has 2 heterocycles. The van der Waals surface area contributed by atoms with Crippen LogP contribution in [0.25, 0.3) is 5.57 Å². The number of carbonyl (C=O) groups is 1. The second-order valence-corrected chi connectivity index (χ2v) is 6.87. The lowest BCUT2D eigenvalue weighted by atomic mass is 9.74. The average molecular weight is 312 g/mol. The molecule has 0 bridgehead atoms. The van der Waals surface area contributed by atoms with Gasteiger partial charge in [0.2, 0.25) is 5.91 Å². The van der Waals surface area contributed by atoms with E-state index in [2.05, 4.69) is 35.7 Å². The highest BCUT2D eigenvalue weighted by Gasteiger charge is 2.52. The Balaban J connectivity index is 1.56. The van der Waals surface area contributed by atoms with E-state index in [-0.39, 0.29) is 30.5 Å². The summed E-state index contributed by atoms with van der Waals surface area (Å²) in [4.78, 5) is 13.9. The molecule has 1 amide bonds. The SMILES string of the molecule is O=C1CNC[C@H]2[C@@H](c3ccc(C4=CCCCC4)cc3)[C@@H](CO)N12. The fourth-order valence-electron chi connectivity index (χ4n) is 4.43. The maximum atomic E-state index is 12.0. The third kappa shape index (κ3) is 2.50. The molecule has 2 N–H and O–H groups in total. The van der Waals surface area contributed by atoms with Gasteiger partial charge < -0.3 is 15.3 Å². The standard InChI is InChI=1S/C19H24N2O2/c22-12-17-19(16-10-20-11-18(23)21(16)17)15-8-6-14(7-9-15)13-4-2-1-3-5-13/h4,6-9,16-17,19-20,22H,1-3,5,10-12H2/t16-,17+,19+/m0/s1. The molecule has 1 aromatic carbocycles. The second kappa shape index (κ2) is 6.10. The second-order valence-electron chi connectivity index (χ2n) is 6.87. The number of allylic oxidation sites excluding steroid dienone is 2. The molecule has 0 spiro atoms. The molecule has 3 atom stereocenters. The van der Waals surface area contributed by atoms with Crippen molar-refractivity contribution in [3.63, 3.8) is 0 Å². The van der Waals surface area contributed by atoms with E-state index in [9.17, 15) is 9.90 Å². The molecular weight excluding hydrogens is 288 g/mol. The van der Waals surface area contributed by atoms with Gasteiger partial charge in [0.1, 0.15) is 0 Å². The van der Waals surface area contributed by atoms with E-state index in [0.29, 0.717) is 6.54 Å². The zero-order valence-corrected chi connectivity index (χ0v) is 13.4. The summed E-state index contributed by atoms with van der Waals surface area (Å²) in [6, 6.07) is 8.93. The molecule has 2 saturated heterocycles. The van der Waals surface area contributed by atoms with Gasteiger partial charge >= 0.3 is 0 Å². The van der Waals surface area contributed by atoms with Gasteiger partial charge in [-0.2, -0.15) is 0 Å². The molecule has 0 saturated carbocycles. The van der Waals surface area contributed by atoms with Crippen molar-refractivity contribution in [3.05, 3.63) is 41.5 Å². The first kappa shape index (κ1) is 14.9. The number of nitrogens with one attached hydrogen (secondary N) is 1. The van der Waals surface area contributed by atoms with Crippen LogP contribution in [0.2, 0.25) is 0 Å². The van der Waals surface area contributed by atoms with Crippen molar-refractivity contribution >= 4 is 11.5 Å². The van der Waals surface area contributed by atoms with Crippen LogP contribution in [-0.4, -0.2) is 47.7 Å². The number of piperazine rings is 1. The molecule has 2 aliphatic heterocycles. The number of nitrogens with zero attached hydrogens (tertiary/aromatic N) is 1. The highest BCUT2D eigenvalue weighted by molar-refractivity contribution is 5.81. The first-order valence-electron chi connectivity index (χ1n) is 8.71. The first-order valence-corrected chi connectivity index (χ1v) is 8.71. The van der Waals surface area contributed by atoms with E-state index in [4.69, 9.17) is 0 Å². The average Bonchev–Trinajstić information content (AvgIpc) is 2.58. The Morgan fingerprint density at radius 2 is 2.04 bits per heavy atom. The number of hydrogen-bond donors (Lipinski definition) is 2. The zero-order chi connectivity index (χ0) is 15.8. The van der Waals surface area contributed by atoms with Crippen LogP contribution < -0.4 is 5.32 Å². The van der Waals surface area contributed by atoms with E-state index in [1.165, 1.54) is 42.4 Å². The summed E-state index contributed by atoms with van der Waals surface area (Å²) in [6.45, 7) is 1.26. The van der Waals surface area contributed by atoms with Crippen molar-refractivity contribution in [1.29, 1.82) is 0 Å². The van der Waals surface area contributed by atoms with Gasteiger partial charge in [0.15, 0.2) is 0 Å². The van der Waals surface area contributed by atoms with Crippen molar-refractivity contribution < 1.29 is 9.90 Å². The molecule has 4 rings (SSSR count). The molecule has 2 fully saturated rings. The van der Waals surface area contributed by atoms with E-state index in [1.807, 2.05) is 4.90 Å². The molecule has 0 unspecified atom stereocenters. The Bertz CT molecular complexity index is 617. The van der Waals surface area contributed by atoms with Gasteiger partial charge in [-0.25, -0.2) is 0 Å². The molecule has 1 aliphatic carbocycles. The van der Waals surface area contributed by atoms with Gasteiger partial charge in [-0.1, -0.05) is 30.3 Å². The van der Waals surface area contributed by atoms with Crippen LogP contribution in [0.1, 0.15) is 42.7 Å². The number of aliphatic hydroxyl groups is 1. The van der Waals surface area contributed by atoms with Gasteiger partial charge in [0, 0.05) is 12.5 Å². The molecule has 0 aromatic heterocycles. The van der Waals surface area contributed by atoms with Crippen LogP contribution in [0.4, 0.5) is 0 Å². The third-order valence-corrected chi connectivity index (χ3v) is 5.61. The normalized spacial score (nSPS) is 30.5.